The van der Waals surface area contributed by atoms with Crippen LogP contribution < -0.4 is 16.3 Å². The quantitative estimate of drug-likeness (QED) is 0.544. The van der Waals surface area contributed by atoms with Crippen LogP contribution in [0.4, 0.5) is 0 Å². The van der Waals surface area contributed by atoms with Crippen LogP contribution in [0.1, 0.15) is 42.0 Å². The Bertz CT molecular complexity index is 1200. The summed E-state index contributed by atoms with van der Waals surface area (Å²) in [6, 6.07) is 6.35. The molecule has 5 nitrogen and oxygen atoms in total. The molecule has 1 aliphatic rings. The Hall–Kier alpha value is -3.52. The number of nitrogens with zero attached hydrogens (tertiary/aromatic N) is 2. The van der Waals surface area contributed by atoms with Crippen molar-refractivity contribution in [3.8, 4) is 17.7 Å². The molecule has 0 saturated heterocycles. The molecule has 5 heteroatoms. The molecule has 0 saturated carbocycles. The highest BCUT2D eigenvalue weighted by Crippen LogP contribution is 2.26. The third-order valence-electron chi connectivity index (χ3n) is 5.04. The third kappa shape index (κ3) is 4.02. The molecule has 1 aliphatic carbocycles. The maximum Gasteiger partial charge on any atom is 0.198 e. The van der Waals surface area contributed by atoms with E-state index in [0.717, 1.165) is 17.0 Å². The van der Waals surface area contributed by atoms with Crippen LogP contribution in [0.2, 0.25) is 0 Å². The number of hydrogen-bond acceptors (Lipinski definition) is 4. The summed E-state index contributed by atoms with van der Waals surface area (Å²) in [5, 5.41) is 12.2. The average Bonchev–Trinajstić information content (AvgIpc) is 2.88. The molecule has 4 N–H and O–H groups in total. The van der Waals surface area contributed by atoms with E-state index in [0.29, 0.717) is 17.0 Å². The fourth-order valence-electron chi connectivity index (χ4n) is 3.73. The van der Waals surface area contributed by atoms with Crippen LogP contribution >= 0.6 is 0 Å². The van der Waals surface area contributed by atoms with Gasteiger partial charge in [0.05, 0.1) is 28.2 Å². The molecule has 0 aliphatic heterocycles. The van der Waals surface area contributed by atoms with E-state index in [9.17, 15) is 5.11 Å². The highest BCUT2D eigenvalue weighted by atomic mass is 16.3. The number of aromatic nitrogens is 1. The summed E-state index contributed by atoms with van der Waals surface area (Å²) in [6.45, 7) is 6.11. The van der Waals surface area contributed by atoms with Gasteiger partial charge in [-0.05, 0) is 37.0 Å². The summed E-state index contributed by atoms with van der Waals surface area (Å²) in [7, 11) is 1.66. The molecule has 3 rings (SSSR count). The molecule has 1 atom stereocenters. The van der Waals surface area contributed by atoms with Crippen molar-refractivity contribution >= 4 is 24.1 Å². The Kier molecular flexibility index (Phi) is 6.04. The van der Waals surface area contributed by atoms with Crippen LogP contribution in [0.5, 0.6) is 5.88 Å². The van der Waals surface area contributed by atoms with Crippen molar-refractivity contribution in [2.24, 2.45) is 15.7 Å². The van der Waals surface area contributed by atoms with Gasteiger partial charge in [0, 0.05) is 30.8 Å². The van der Waals surface area contributed by atoms with Crippen molar-refractivity contribution in [3.05, 3.63) is 62.9 Å². The van der Waals surface area contributed by atoms with Gasteiger partial charge < -0.3 is 15.8 Å². The van der Waals surface area contributed by atoms with E-state index in [1.807, 2.05) is 6.92 Å². The molecule has 0 fully saturated rings. The molecule has 1 heterocycles. The summed E-state index contributed by atoms with van der Waals surface area (Å²) < 4.78 is 0. The summed E-state index contributed by atoms with van der Waals surface area (Å²) in [5.74, 6) is 6.48. The van der Waals surface area contributed by atoms with E-state index >= 15 is 0 Å². The lowest BCUT2D eigenvalue weighted by molar-refractivity contribution is 0.455. The SMILES string of the molecule is CCc1cccc(C)c1C1C#CC=c2[nH]c(O)c(C(C)=N/C(C=NC)=C/N)c2=C1. The molecule has 1 unspecified atom stereocenters. The van der Waals surface area contributed by atoms with Crippen molar-refractivity contribution in [2.75, 3.05) is 7.05 Å². The largest absolute Gasteiger partial charge is 0.494 e. The number of hydrogen-bond donors (Lipinski definition) is 3. The first-order valence-electron chi connectivity index (χ1n) is 9.62. The Morgan fingerprint density at radius 1 is 1.38 bits per heavy atom. The number of aromatic amines is 1. The molecule has 0 spiro atoms. The lowest BCUT2D eigenvalue weighted by Crippen LogP contribution is -2.27. The van der Waals surface area contributed by atoms with Gasteiger partial charge in [-0.1, -0.05) is 43.0 Å². The third-order valence-corrected chi connectivity index (χ3v) is 5.04. The van der Waals surface area contributed by atoms with E-state index in [4.69, 9.17) is 5.73 Å². The number of fused-ring (bicyclic) bond motifs is 1. The van der Waals surface area contributed by atoms with Gasteiger partial charge in [-0.2, -0.15) is 0 Å². The van der Waals surface area contributed by atoms with Crippen LogP contribution in [-0.4, -0.2) is 29.1 Å². The monoisotopic (exact) mass is 386 g/mol. The van der Waals surface area contributed by atoms with Crippen LogP contribution in [0.3, 0.4) is 0 Å². The zero-order chi connectivity index (χ0) is 21.0. The van der Waals surface area contributed by atoms with Gasteiger partial charge in [0.1, 0.15) is 0 Å². The first-order chi connectivity index (χ1) is 14.0. The van der Waals surface area contributed by atoms with Gasteiger partial charge in [0.25, 0.3) is 0 Å². The molecule has 148 valence electrons. The smallest absolute Gasteiger partial charge is 0.198 e. The minimum atomic E-state index is -0.0767. The summed E-state index contributed by atoms with van der Waals surface area (Å²) in [5.41, 5.74) is 11.2. The maximum atomic E-state index is 10.6. The molecule has 0 amide bonds. The highest BCUT2D eigenvalue weighted by molar-refractivity contribution is 6.03. The maximum absolute atomic E-state index is 10.6. The lowest BCUT2D eigenvalue weighted by atomic mass is 9.88. The molecule has 2 aromatic rings. The van der Waals surface area contributed by atoms with Crippen molar-refractivity contribution in [1.29, 1.82) is 0 Å². The van der Waals surface area contributed by atoms with Crippen molar-refractivity contribution < 1.29 is 5.11 Å². The predicted molar refractivity (Wildman–Crippen MR) is 121 cm³/mol. The number of aliphatic imine (C=N–C) groups is 2. The van der Waals surface area contributed by atoms with Crippen LogP contribution in [0, 0.1) is 18.8 Å². The normalized spacial score (nSPS) is 16.5. The minimum absolute atomic E-state index is 0.0662. The van der Waals surface area contributed by atoms with Gasteiger partial charge in [-0.15, -0.1) is 0 Å². The number of benzene rings is 1. The molecule has 0 bridgehead atoms. The highest BCUT2D eigenvalue weighted by Gasteiger charge is 2.18. The lowest BCUT2D eigenvalue weighted by Gasteiger charge is -2.15. The van der Waals surface area contributed by atoms with Crippen LogP contribution in [0.15, 0.2) is 40.1 Å². The van der Waals surface area contributed by atoms with E-state index in [1.54, 1.807) is 19.3 Å². The van der Waals surface area contributed by atoms with Crippen molar-refractivity contribution in [1.82, 2.24) is 4.98 Å². The number of aromatic hydroxyl groups is 1. The fraction of sp³-hybridized carbons (Fsp3) is 0.250. The van der Waals surface area contributed by atoms with Crippen molar-refractivity contribution in [2.45, 2.75) is 33.1 Å². The molecular weight excluding hydrogens is 360 g/mol. The van der Waals surface area contributed by atoms with E-state index in [-0.39, 0.29) is 11.8 Å². The Balaban J connectivity index is 2.22. The number of aryl methyl sites for hydroxylation is 2. The molecule has 29 heavy (non-hydrogen) atoms. The summed E-state index contributed by atoms with van der Waals surface area (Å²) in [6.07, 6.45) is 7.82. The van der Waals surface area contributed by atoms with E-state index in [1.165, 1.54) is 22.9 Å². The number of rotatable bonds is 5. The Morgan fingerprint density at radius 2 is 2.17 bits per heavy atom. The first-order valence-corrected chi connectivity index (χ1v) is 9.62. The molecule has 1 aromatic heterocycles. The number of nitrogens with two attached hydrogens (primary N) is 1. The van der Waals surface area contributed by atoms with Gasteiger partial charge in [-0.3, -0.25) is 4.99 Å². The summed E-state index contributed by atoms with van der Waals surface area (Å²) >= 11 is 0. The second-order valence-corrected chi connectivity index (χ2v) is 6.93. The zero-order valence-electron chi connectivity index (χ0n) is 17.2. The molecule has 0 radical (unpaired) electrons. The average molecular weight is 386 g/mol. The number of allylic oxidation sites excluding steroid dienone is 1. The van der Waals surface area contributed by atoms with Gasteiger partial charge >= 0.3 is 0 Å². The molecule has 1 aromatic carbocycles. The Labute approximate surface area is 171 Å². The standard InChI is InChI=1S/C24H26N4O/c1-5-17-9-6-8-15(2)22(17)18-10-7-11-21-20(12-18)23(24(29)28-21)16(3)27-19(13-25)14-26-4/h6,8-9,11-14,18,28-29H,5,25H2,1-4H3/b19-13+,26-14?,27-16?. The molecular formula is C24H26N4O. The number of H-pyrrole nitrogens is 1. The van der Waals surface area contributed by atoms with Crippen molar-refractivity contribution in [3.63, 3.8) is 0 Å². The summed E-state index contributed by atoms with van der Waals surface area (Å²) in [4.78, 5) is 11.5. The minimum Gasteiger partial charge on any atom is -0.494 e. The van der Waals surface area contributed by atoms with Gasteiger partial charge in [-0.25, -0.2) is 4.99 Å². The van der Waals surface area contributed by atoms with Crippen LogP contribution in [0.25, 0.3) is 12.2 Å². The second-order valence-electron chi connectivity index (χ2n) is 6.93. The van der Waals surface area contributed by atoms with Crippen LogP contribution in [-0.2, 0) is 6.42 Å². The number of nitrogens with one attached hydrogen (secondary N) is 1. The van der Waals surface area contributed by atoms with E-state index in [2.05, 4.69) is 64.9 Å². The van der Waals surface area contributed by atoms with Gasteiger partial charge in [0.2, 0.25) is 0 Å². The predicted octanol–water partition coefficient (Wildman–Crippen LogP) is 2.26. The topological polar surface area (TPSA) is 86.8 Å². The second kappa shape index (κ2) is 8.66. The first kappa shape index (κ1) is 20.2. The fourth-order valence-corrected chi connectivity index (χ4v) is 3.73. The van der Waals surface area contributed by atoms with Gasteiger partial charge in [0.15, 0.2) is 5.88 Å². The zero-order valence-corrected chi connectivity index (χ0v) is 17.2. The van der Waals surface area contributed by atoms with E-state index < -0.39 is 0 Å². The Morgan fingerprint density at radius 3 is 2.86 bits per heavy atom.